The molecule has 0 bridgehead atoms. The van der Waals surface area contributed by atoms with E-state index in [0.29, 0.717) is 11.8 Å². The third kappa shape index (κ3) is 1.12. The summed E-state index contributed by atoms with van der Waals surface area (Å²) in [5.74, 6) is 1.23. The van der Waals surface area contributed by atoms with Crippen LogP contribution in [0.3, 0.4) is 0 Å². The fourth-order valence-corrected chi connectivity index (χ4v) is 3.23. The molecule has 1 heteroatoms. The van der Waals surface area contributed by atoms with Crippen LogP contribution >= 0.6 is 0 Å². The predicted octanol–water partition coefficient (Wildman–Crippen LogP) is 2.39. The standard InChI is InChI=1S/C13H16O/c14-13(11-7-4-8-12(11)13)9-10-5-2-1-3-6-10/h1-3,5-6,11-12,14H,4,7-9H2. The van der Waals surface area contributed by atoms with Crippen molar-refractivity contribution in [1.29, 1.82) is 0 Å². The highest BCUT2D eigenvalue weighted by molar-refractivity contribution is 5.24. The van der Waals surface area contributed by atoms with Gasteiger partial charge in [0.1, 0.15) is 0 Å². The van der Waals surface area contributed by atoms with Gasteiger partial charge in [0.2, 0.25) is 0 Å². The van der Waals surface area contributed by atoms with Crippen molar-refractivity contribution in [3.05, 3.63) is 35.9 Å². The van der Waals surface area contributed by atoms with E-state index < -0.39 is 0 Å². The molecule has 0 aromatic heterocycles. The van der Waals surface area contributed by atoms with Crippen molar-refractivity contribution in [2.45, 2.75) is 31.3 Å². The molecule has 2 aliphatic carbocycles. The Balaban J connectivity index is 1.75. The van der Waals surface area contributed by atoms with Crippen molar-refractivity contribution in [1.82, 2.24) is 0 Å². The first-order chi connectivity index (χ1) is 6.81. The third-order valence-electron chi connectivity index (χ3n) is 4.02. The number of hydrogen-bond acceptors (Lipinski definition) is 1. The molecule has 2 fully saturated rings. The van der Waals surface area contributed by atoms with Gasteiger partial charge in [0.25, 0.3) is 0 Å². The Bertz CT molecular complexity index is 320. The largest absolute Gasteiger partial charge is 0.389 e. The average molecular weight is 188 g/mol. The highest BCUT2D eigenvalue weighted by atomic mass is 16.3. The van der Waals surface area contributed by atoms with Gasteiger partial charge in [-0.2, -0.15) is 0 Å². The van der Waals surface area contributed by atoms with Gasteiger partial charge in [-0.25, -0.2) is 0 Å². The van der Waals surface area contributed by atoms with E-state index in [0.717, 1.165) is 6.42 Å². The Labute approximate surface area is 84.8 Å². The molecule has 2 unspecified atom stereocenters. The molecule has 2 atom stereocenters. The summed E-state index contributed by atoms with van der Waals surface area (Å²) in [7, 11) is 0. The van der Waals surface area contributed by atoms with Crippen molar-refractivity contribution >= 4 is 0 Å². The Kier molecular flexibility index (Phi) is 1.72. The second-order valence-corrected chi connectivity index (χ2v) is 4.80. The summed E-state index contributed by atoms with van der Waals surface area (Å²) in [6.45, 7) is 0. The van der Waals surface area contributed by atoms with Crippen LogP contribution in [0.4, 0.5) is 0 Å². The second kappa shape index (κ2) is 2.83. The maximum Gasteiger partial charge on any atom is 0.0751 e. The number of fused-ring (bicyclic) bond motifs is 1. The van der Waals surface area contributed by atoms with Crippen molar-refractivity contribution < 1.29 is 5.11 Å². The van der Waals surface area contributed by atoms with Gasteiger partial charge >= 0.3 is 0 Å². The quantitative estimate of drug-likeness (QED) is 0.755. The molecular formula is C13H16O. The lowest BCUT2D eigenvalue weighted by Crippen LogP contribution is -2.18. The van der Waals surface area contributed by atoms with Gasteiger partial charge in [0.05, 0.1) is 5.60 Å². The zero-order valence-electron chi connectivity index (χ0n) is 8.32. The van der Waals surface area contributed by atoms with Crippen LogP contribution in [0.15, 0.2) is 30.3 Å². The molecule has 2 aliphatic rings. The van der Waals surface area contributed by atoms with E-state index in [1.807, 2.05) is 6.07 Å². The minimum atomic E-state index is -0.334. The maximum absolute atomic E-state index is 10.4. The van der Waals surface area contributed by atoms with E-state index in [4.69, 9.17) is 0 Å². The molecule has 0 spiro atoms. The van der Waals surface area contributed by atoms with Crippen molar-refractivity contribution in [3.8, 4) is 0 Å². The molecule has 14 heavy (non-hydrogen) atoms. The molecule has 0 heterocycles. The second-order valence-electron chi connectivity index (χ2n) is 4.80. The molecule has 1 N–H and O–H groups in total. The summed E-state index contributed by atoms with van der Waals surface area (Å²) in [5.41, 5.74) is 0.948. The molecular weight excluding hydrogens is 172 g/mol. The van der Waals surface area contributed by atoms with Crippen LogP contribution in [-0.2, 0) is 6.42 Å². The van der Waals surface area contributed by atoms with Gasteiger partial charge in [-0.3, -0.25) is 0 Å². The van der Waals surface area contributed by atoms with Crippen molar-refractivity contribution in [2.24, 2.45) is 11.8 Å². The van der Waals surface area contributed by atoms with Crippen molar-refractivity contribution in [2.75, 3.05) is 0 Å². The summed E-state index contributed by atoms with van der Waals surface area (Å²) in [5, 5.41) is 10.4. The lowest BCUT2D eigenvalue weighted by atomic mass is 9.99. The summed E-state index contributed by atoms with van der Waals surface area (Å²) in [6, 6.07) is 10.4. The highest BCUT2D eigenvalue weighted by Gasteiger charge is 2.64. The smallest absolute Gasteiger partial charge is 0.0751 e. The van der Waals surface area contributed by atoms with Gasteiger partial charge in [-0.05, 0) is 30.2 Å². The van der Waals surface area contributed by atoms with E-state index in [1.54, 1.807) is 0 Å². The predicted molar refractivity (Wildman–Crippen MR) is 55.9 cm³/mol. The van der Waals surface area contributed by atoms with E-state index in [1.165, 1.54) is 24.8 Å². The Morgan fingerprint density at radius 1 is 1.14 bits per heavy atom. The summed E-state index contributed by atoms with van der Waals surface area (Å²) in [6.07, 6.45) is 4.68. The van der Waals surface area contributed by atoms with Gasteiger partial charge < -0.3 is 5.11 Å². The first kappa shape index (κ1) is 8.49. The van der Waals surface area contributed by atoms with Crippen LogP contribution in [0.25, 0.3) is 0 Å². The Morgan fingerprint density at radius 2 is 1.79 bits per heavy atom. The fraction of sp³-hybridized carbons (Fsp3) is 0.538. The van der Waals surface area contributed by atoms with Crippen LogP contribution in [0.5, 0.6) is 0 Å². The number of aliphatic hydroxyl groups is 1. The molecule has 1 aromatic rings. The Hall–Kier alpha value is -0.820. The topological polar surface area (TPSA) is 20.2 Å². The van der Waals surface area contributed by atoms with Gasteiger partial charge in [0, 0.05) is 6.42 Å². The van der Waals surface area contributed by atoms with Crippen LogP contribution in [-0.4, -0.2) is 10.7 Å². The molecule has 0 radical (unpaired) electrons. The van der Waals surface area contributed by atoms with E-state index >= 15 is 0 Å². The minimum Gasteiger partial charge on any atom is -0.389 e. The molecule has 1 nitrogen and oxygen atoms in total. The fourth-order valence-electron chi connectivity index (χ4n) is 3.23. The summed E-state index contributed by atoms with van der Waals surface area (Å²) >= 11 is 0. The molecule has 1 aromatic carbocycles. The zero-order chi connectivity index (χ0) is 9.60. The average Bonchev–Trinajstić information content (AvgIpc) is 2.64. The van der Waals surface area contributed by atoms with Crippen LogP contribution < -0.4 is 0 Å². The van der Waals surface area contributed by atoms with Crippen LogP contribution in [0, 0.1) is 11.8 Å². The number of rotatable bonds is 2. The van der Waals surface area contributed by atoms with Crippen LogP contribution in [0.1, 0.15) is 24.8 Å². The van der Waals surface area contributed by atoms with E-state index in [9.17, 15) is 5.11 Å². The highest BCUT2D eigenvalue weighted by Crippen LogP contribution is 2.61. The Morgan fingerprint density at radius 3 is 2.43 bits per heavy atom. The molecule has 3 rings (SSSR count). The van der Waals surface area contributed by atoms with Gasteiger partial charge in [-0.15, -0.1) is 0 Å². The lowest BCUT2D eigenvalue weighted by Gasteiger charge is -2.13. The molecule has 0 saturated heterocycles. The molecule has 74 valence electrons. The minimum absolute atomic E-state index is 0.334. The summed E-state index contributed by atoms with van der Waals surface area (Å²) < 4.78 is 0. The number of benzene rings is 1. The van der Waals surface area contributed by atoms with Crippen molar-refractivity contribution in [3.63, 3.8) is 0 Å². The summed E-state index contributed by atoms with van der Waals surface area (Å²) in [4.78, 5) is 0. The molecule has 0 amide bonds. The number of hydrogen-bond donors (Lipinski definition) is 1. The monoisotopic (exact) mass is 188 g/mol. The molecule has 2 saturated carbocycles. The first-order valence-electron chi connectivity index (χ1n) is 5.57. The third-order valence-corrected chi connectivity index (χ3v) is 4.02. The molecule has 0 aliphatic heterocycles. The van der Waals surface area contributed by atoms with E-state index in [-0.39, 0.29) is 5.60 Å². The van der Waals surface area contributed by atoms with Gasteiger partial charge in [-0.1, -0.05) is 36.8 Å². The zero-order valence-corrected chi connectivity index (χ0v) is 8.32. The van der Waals surface area contributed by atoms with Crippen LogP contribution in [0.2, 0.25) is 0 Å². The van der Waals surface area contributed by atoms with E-state index in [2.05, 4.69) is 24.3 Å². The normalized spacial score (nSPS) is 39.5. The SMILES string of the molecule is OC1(Cc2ccccc2)C2CCCC21. The van der Waals surface area contributed by atoms with Gasteiger partial charge in [0.15, 0.2) is 0 Å². The lowest BCUT2D eigenvalue weighted by molar-refractivity contribution is 0.107. The maximum atomic E-state index is 10.4. The first-order valence-corrected chi connectivity index (χ1v) is 5.57.